The van der Waals surface area contributed by atoms with Gasteiger partial charge < -0.3 is 9.84 Å². The third kappa shape index (κ3) is 3.96. The Morgan fingerprint density at radius 1 is 0.844 bits per heavy atom. The number of carbonyl (C=O) groups excluding carboxylic acids is 5. The molecule has 2 aliphatic heterocycles. The first-order valence-corrected chi connectivity index (χ1v) is 15.1. The van der Waals surface area contributed by atoms with Gasteiger partial charge in [-0.15, -0.1) is 0 Å². The number of ketones is 1. The lowest BCUT2D eigenvalue weighted by Crippen LogP contribution is -2.49. The number of amides is 4. The normalized spacial score (nSPS) is 28.9. The predicted molar refractivity (Wildman–Crippen MR) is 165 cm³/mol. The summed E-state index contributed by atoms with van der Waals surface area (Å²) in [6.45, 7) is 3.22. The summed E-state index contributed by atoms with van der Waals surface area (Å²) in [5, 5.41) is 11.3. The summed E-state index contributed by atoms with van der Waals surface area (Å²) in [4.78, 5) is 71.1. The number of hydrogen-bond acceptors (Lipinski definition) is 7. The molecule has 2 heterocycles. The highest BCUT2D eigenvalue weighted by atomic mass is 16.5. The van der Waals surface area contributed by atoms with Crippen molar-refractivity contribution in [2.75, 3.05) is 16.9 Å². The van der Waals surface area contributed by atoms with E-state index in [0.29, 0.717) is 28.3 Å². The van der Waals surface area contributed by atoms with Gasteiger partial charge in [0.1, 0.15) is 11.5 Å². The summed E-state index contributed by atoms with van der Waals surface area (Å²) in [5.74, 6) is -4.88. The minimum Gasteiger partial charge on any atom is -0.508 e. The Morgan fingerprint density at radius 3 is 2.20 bits per heavy atom. The number of ether oxygens (including phenoxy) is 1. The number of anilines is 2. The van der Waals surface area contributed by atoms with Crippen molar-refractivity contribution >= 4 is 40.8 Å². The molecule has 4 aliphatic rings. The molecular weight excluding hydrogens is 572 g/mol. The Labute approximate surface area is 260 Å². The molecule has 0 bridgehead atoms. The van der Waals surface area contributed by atoms with Crippen molar-refractivity contribution in [3.63, 3.8) is 0 Å². The van der Waals surface area contributed by atoms with Crippen molar-refractivity contribution in [2.45, 2.75) is 32.6 Å². The molecule has 2 saturated heterocycles. The van der Waals surface area contributed by atoms with E-state index in [4.69, 9.17) is 4.74 Å². The van der Waals surface area contributed by atoms with E-state index < -0.39 is 35.0 Å². The zero-order valence-electron chi connectivity index (χ0n) is 25.1. The van der Waals surface area contributed by atoms with Crippen LogP contribution >= 0.6 is 0 Å². The second-order valence-electron chi connectivity index (χ2n) is 12.5. The van der Waals surface area contributed by atoms with Gasteiger partial charge in [0.05, 0.1) is 41.7 Å². The maximum Gasteiger partial charge on any atom is 0.241 e. The number of para-hydroxylation sites is 1. The van der Waals surface area contributed by atoms with Gasteiger partial charge in [0.15, 0.2) is 5.78 Å². The van der Waals surface area contributed by atoms with Crippen LogP contribution < -0.4 is 14.5 Å². The first-order chi connectivity index (χ1) is 21.6. The Bertz CT molecular complexity index is 1810. The highest BCUT2D eigenvalue weighted by Gasteiger charge is 2.68. The molecule has 228 valence electrons. The molecule has 3 aromatic carbocycles. The largest absolute Gasteiger partial charge is 0.508 e. The highest BCUT2D eigenvalue weighted by molar-refractivity contribution is 6.25. The van der Waals surface area contributed by atoms with Crippen LogP contribution in [0.3, 0.4) is 0 Å². The fourth-order valence-electron chi connectivity index (χ4n) is 8.25. The topological polar surface area (TPSA) is 121 Å². The molecule has 6 atom stereocenters. The Morgan fingerprint density at radius 2 is 1.53 bits per heavy atom. The average molecular weight is 605 g/mol. The SMILES string of the molecule is COc1cccc(O)c1[C@H]1C2=CC[C@@H]3C(=O)N(c4ccc(C(C)=O)cc4)C(=O)[C@@H]3[C@@H]2C[C@H]2C(=O)N(c3ccccc3)C(=O)[C@@]12C. The molecular formula is C36H32N2O7. The number of methoxy groups -OCH3 is 1. The maximum absolute atomic E-state index is 14.5. The molecule has 9 nitrogen and oxygen atoms in total. The fraction of sp³-hybridized carbons (Fsp3) is 0.306. The molecule has 1 N–H and O–H groups in total. The molecule has 0 unspecified atom stereocenters. The molecule has 2 aliphatic carbocycles. The van der Waals surface area contributed by atoms with Crippen LogP contribution in [0.2, 0.25) is 0 Å². The Kier molecular flexibility index (Phi) is 6.54. The zero-order valence-corrected chi connectivity index (χ0v) is 25.1. The number of phenolic OH excluding ortho intramolecular Hbond substituents is 1. The van der Waals surface area contributed by atoms with Crippen LogP contribution in [0, 0.1) is 29.1 Å². The molecule has 9 heteroatoms. The minimum atomic E-state index is -1.30. The van der Waals surface area contributed by atoms with Crippen molar-refractivity contribution in [3.8, 4) is 11.5 Å². The number of allylic oxidation sites excluding steroid dienone is 2. The van der Waals surface area contributed by atoms with Crippen molar-refractivity contribution in [1.82, 2.24) is 0 Å². The Hall–Kier alpha value is -5.05. The first-order valence-electron chi connectivity index (χ1n) is 15.1. The highest BCUT2D eigenvalue weighted by Crippen LogP contribution is 2.65. The van der Waals surface area contributed by atoms with Crippen molar-refractivity contribution in [2.24, 2.45) is 29.1 Å². The molecule has 0 spiro atoms. The van der Waals surface area contributed by atoms with Gasteiger partial charge in [0.25, 0.3) is 0 Å². The smallest absolute Gasteiger partial charge is 0.241 e. The number of benzene rings is 3. The first kappa shape index (κ1) is 28.7. The van der Waals surface area contributed by atoms with E-state index in [1.807, 2.05) is 6.08 Å². The van der Waals surface area contributed by atoms with Gasteiger partial charge in [-0.1, -0.05) is 35.9 Å². The quantitative estimate of drug-likeness (QED) is 0.246. The van der Waals surface area contributed by atoms with E-state index in [0.717, 1.165) is 5.57 Å². The fourth-order valence-corrected chi connectivity index (χ4v) is 8.25. The molecule has 7 rings (SSSR count). The second-order valence-corrected chi connectivity index (χ2v) is 12.5. The molecule has 4 amide bonds. The third-order valence-corrected chi connectivity index (χ3v) is 10.4. The van der Waals surface area contributed by atoms with Gasteiger partial charge in [-0.3, -0.25) is 28.9 Å². The van der Waals surface area contributed by atoms with Crippen LogP contribution in [-0.4, -0.2) is 41.6 Å². The summed E-state index contributed by atoms with van der Waals surface area (Å²) in [7, 11) is 1.48. The molecule has 1 saturated carbocycles. The Balaban J connectivity index is 1.37. The number of rotatable bonds is 5. The maximum atomic E-state index is 14.5. The molecule has 45 heavy (non-hydrogen) atoms. The van der Waals surface area contributed by atoms with Crippen LogP contribution in [0.5, 0.6) is 11.5 Å². The van der Waals surface area contributed by atoms with Crippen molar-refractivity contribution in [1.29, 1.82) is 0 Å². The molecule has 3 fully saturated rings. The summed E-state index contributed by atoms with van der Waals surface area (Å²) in [6.07, 6.45) is 2.39. The standard InChI is InChI=1S/C36H32N2O7/c1-19(39)20-12-14-22(15-13-20)37-32(41)24-17-16-23-25(29(24)34(37)43)18-26-33(42)38(21-8-5-4-6-9-21)35(44)36(26,2)31(23)30-27(40)10-7-11-28(30)45-3/h4-16,24-26,29,31,40H,17-18H2,1-3H3/t24-,25+,26-,29-,31+,36+/m0/s1. The van der Waals surface area contributed by atoms with Crippen LogP contribution in [-0.2, 0) is 19.2 Å². The van der Waals surface area contributed by atoms with E-state index >= 15 is 0 Å². The van der Waals surface area contributed by atoms with Gasteiger partial charge in [0.2, 0.25) is 23.6 Å². The van der Waals surface area contributed by atoms with E-state index in [-0.39, 0.29) is 48.0 Å². The predicted octanol–water partition coefficient (Wildman–Crippen LogP) is 5.04. The molecule has 0 aromatic heterocycles. The van der Waals surface area contributed by atoms with Crippen LogP contribution in [0.1, 0.15) is 48.5 Å². The number of Topliss-reactive ketones (excluding diaryl/α,β-unsaturated/α-hetero) is 1. The van der Waals surface area contributed by atoms with Gasteiger partial charge in [0, 0.05) is 17.0 Å². The van der Waals surface area contributed by atoms with E-state index in [1.165, 1.54) is 29.9 Å². The van der Waals surface area contributed by atoms with E-state index in [9.17, 15) is 29.1 Å². The summed E-state index contributed by atoms with van der Waals surface area (Å²) >= 11 is 0. The zero-order chi connectivity index (χ0) is 31.8. The molecule has 0 radical (unpaired) electrons. The number of nitrogens with zero attached hydrogens (tertiary/aromatic N) is 2. The van der Waals surface area contributed by atoms with Crippen LogP contribution in [0.25, 0.3) is 0 Å². The number of aromatic hydroxyl groups is 1. The summed E-state index contributed by atoms with van der Waals surface area (Å²) in [5.41, 5.74) is 1.13. The number of imide groups is 2. The lowest BCUT2D eigenvalue weighted by Gasteiger charge is -2.49. The van der Waals surface area contributed by atoms with Gasteiger partial charge in [-0.2, -0.15) is 0 Å². The minimum absolute atomic E-state index is 0.0811. The number of carbonyl (C=O) groups is 5. The number of phenols is 1. The van der Waals surface area contributed by atoms with Gasteiger partial charge in [-0.25, -0.2) is 4.90 Å². The lowest BCUT2D eigenvalue weighted by atomic mass is 9.51. The molecule has 3 aromatic rings. The number of hydrogen-bond donors (Lipinski definition) is 1. The van der Waals surface area contributed by atoms with E-state index in [1.54, 1.807) is 73.7 Å². The lowest BCUT2D eigenvalue weighted by molar-refractivity contribution is -0.131. The van der Waals surface area contributed by atoms with Crippen molar-refractivity contribution in [3.05, 3.63) is 95.6 Å². The third-order valence-electron chi connectivity index (χ3n) is 10.4. The summed E-state index contributed by atoms with van der Waals surface area (Å²) in [6, 6.07) is 20.0. The monoisotopic (exact) mass is 604 g/mol. The van der Waals surface area contributed by atoms with Crippen molar-refractivity contribution < 1.29 is 33.8 Å². The average Bonchev–Trinajstić information content (AvgIpc) is 3.41. The number of fused-ring (bicyclic) bond motifs is 4. The second kappa shape index (κ2) is 10.3. The van der Waals surface area contributed by atoms with Crippen LogP contribution in [0.15, 0.2) is 84.4 Å². The summed E-state index contributed by atoms with van der Waals surface area (Å²) < 4.78 is 5.70. The van der Waals surface area contributed by atoms with Gasteiger partial charge in [-0.05, 0) is 81.1 Å². The van der Waals surface area contributed by atoms with E-state index in [2.05, 4.69) is 0 Å². The van der Waals surface area contributed by atoms with Crippen LogP contribution in [0.4, 0.5) is 11.4 Å². The van der Waals surface area contributed by atoms with Gasteiger partial charge >= 0.3 is 0 Å².